The van der Waals surface area contributed by atoms with Crippen molar-refractivity contribution in [1.82, 2.24) is 5.32 Å². The van der Waals surface area contributed by atoms with E-state index in [0.717, 1.165) is 16.0 Å². The van der Waals surface area contributed by atoms with E-state index in [0.29, 0.717) is 12.1 Å². The molecule has 1 aromatic heterocycles. The summed E-state index contributed by atoms with van der Waals surface area (Å²) in [6.07, 6.45) is -0.880. The molecule has 5 nitrogen and oxygen atoms in total. The van der Waals surface area contributed by atoms with Crippen molar-refractivity contribution in [3.8, 4) is 16.9 Å². The Morgan fingerprint density at radius 1 is 1.04 bits per heavy atom. The van der Waals surface area contributed by atoms with E-state index in [1.54, 1.807) is 66.8 Å². The minimum Gasteiger partial charge on any atom is -0.508 e. The largest absolute Gasteiger partial charge is 0.508 e. The molecule has 0 radical (unpaired) electrons. The first-order chi connectivity index (χ1) is 13.0. The van der Waals surface area contributed by atoms with Crippen molar-refractivity contribution in [2.45, 2.75) is 19.6 Å². The molecule has 3 rings (SSSR count). The Bertz CT molecular complexity index is 902. The molecule has 0 bridgehead atoms. The van der Waals surface area contributed by atoms with Crippen LogP contribution in [0.15, 0.2) is 66.0 Å². The van der Waals surface area contributed by atoms with Gasteiger partial charge in [-0.2, -0.15) is 0 Å². The standard InChI is InChI=1S/C21H19NO4S/c1-14(20(24)22-13-19-3-2-12-27-19)26-21(25)17-6-4-15(5-7-17)16-8-10-18(23)11-9-16/h2-12,14,23H,13H2,1H3,(H,22,24)/t14-/m0/s1. The van der Waals surface area contributed by atoms with Gasteiger partial charge in [0.2, 0.25) is 0 Å². The van der Waals surface area contributed by atoms with E-state index in [-0.39, 0.29) is 11.7 Å². The van der Waals surface area contributed by atoms with Crippen LogP contribution in [-0.4, -0.2) is 23.1 Å². The zero-order chi connectivity index (χ0) is 19.2. The van der Waals surface area contributed by atoms with Crippen LogP contribution in [0.5, 0.6) is 5.75 Å². The van der Waals surface area contributed by atoms with Crippen molar-refractivity contribution in [3.63, 3.8) is 0 Å². The summed E-state index contributed by atoms with van der Waals surface area (Å²) in [7, 11) is 0. The van der Waals surface area contributed by atoms with Crippen molar-refractivity contribution in [2.24, 2.45) is 0 Å². The third-order valence-corrected chi connectivity index (χ3v) is 4.87. The van der Waals surface area contributed by atoms with Gasteiger partial charge in [-0.05, 0) is 53.8 Å². The number of ether oxygens (including phenoxy) is 1. The molecule has 0 aliphatic carbocycles. The highest BCUT2D eigenvalue weighted by atomic mass is 32.1. The van der Waals surface area contributed by atoms with Crippen molar-refractivity contribution in [1.29, 1.82) is 0 Å². The molecule has 1 atom stereocenters. The second kappa shape index (κ2) is 8.51. The van der Waals surface area contributed by atoms with E-state index < -0.39 is 12.1 Å². The van der Waals surface area contributed by atoms with E-state index in [4.69, 9.17) is 4.74 Å². The van der Waals surface area contributed by atoms with Gasteiger partial charge in [0.05, 0.1) is 12.1 Å². The fraction of sp³-hybridized carbons (Fsp3) is 0.143. The van der Waals surface area contributed by atoms with Gasteiger partial charge in [-0.1, -0.05) is 30.3 Å². The van der Waals surface area contributed by atoms with Crippen LogP contribution in [0.3, 0.4) is 0 Å². The minimum atomic E-state index is -0.880. The van der Waals surface area contributed by atoms with Gasteiger partial charge in [-0.25, -0.2) is 4.79 Å². The summed E-state index contributed by atoms with van der Waals surface area (Å²) in [6.45, 7) is 1.96. The Hall–Kier alpha value is -3.12. The topological polar surface area (TPSA) is 75.6 Å². The van der Waals surface area contributed by atoms with Crippen LogP contribution in [0, 0.1) is 0 Å². The van der Waals surface area contributed by atoms with Crippen LogP contribution >= 0.6 is 11.3 Å². The average molecular weight is 381 g/mol. The Labute approximate surface area is 161 Å². The van der Waals surface area contributed by atoms with Crippen molar-refractivity contribution in [2.75, 3.05) is 0 Å². The highest BCUT2D eigenvalue weighted by Gasteiger charge is 2.18. The van der Waals surface area contributed by atoms with E-state index in [1.807, 2.05) is 17.5 Å². The first-order valence-electron chi connectivity index (χ1n) is 8.43. The number of carbonyl (C=O) groups is 2. The molecule has 0 unspecified atom stereocenters. The molecule has 2 N–H and O–H groups in total. The predicted molar refractivity (Wildman–Crippen MR) is 105 cm³/mol. The number of benzene rings is 2. The minimum absolute atomic E-state index is 0.199. The summed E-state index contributed by atoms with van der Waals surface area (Å²) in [5.74, 6) is -0.686. The number of amides is 1. The molecule has 6 heteroatoms. The number of esters is 1. The molecule has 2 aromatic carbocycles. The number of nitrogens with one attached hydrogen (secondary N) is 1. The third-order valence-electron chi connectivity index (χ3n) is 3.99. The number of carbonyl (C=O) groups excluding carboxylic acids is 2. The van der Waals surface area contributed by atoms with Crippen molar-refractivity contribution < 1.29 is 19.4 Å². The van der Waals surface area contributed by atoms with Gasteiger partial charge in [0.15, 0.2) is 6.10 Å². The molecular formula is C21H19NO4S. The molecule has 27 heavy (non-hydrogen) atoms. The first-order valence-corrected chi connectivity index (χ1v) is 9.31. The zero-order valence-electron chi connectivity index (χ0n) is 14.7. The lowest BCUT2D eigenvalue weighted by molar-refractivity contribution is -0.129. The van der Waals surface area contributed by atoms with Gasteiger partial charge in [0.1, 0.15) is 5.75 Å². The lowest BCUT2D eigenvalue weighted by Gasteiger charge is -2.13. The van der Waals surface area contributed by atoms with Crippen molar-refractivity contribution in [3.05, 3.63) is 76.5 Å². The number of phenolic OH excluding ortho intramolecular Hbond substituents is 1. The summed E-state index contributed by atoms with van der Waals surface area (Å²) < 4.78 is 5.25. The maximum Gasteiger partial charge on any atom is 0.338 e. The fourth-order valence-electron chi connectivity index (χ4n) is 2.47. The van der Waals surface area contributed by atoms with Crippen LogP contribution in [0.1, 0.15) is 22.2 Å². The summed E-state index contributed by atoms with van der Waals surface area (Å²) in [4.78, 5) is 25.4. The Morgan fingerprint density at radius 2 is 1.67 bits per heavy atom. The number of hydrogen-bond donors (Lipinski definition) is 2. The Morgan fingerprint density at radius 3 is 2.26 bits per heavy atom. The van der Waals surface area contributed by atoms with E-state index in [2.05, 4.69) is 5.32 Å². The van der Waals surface area contributed by atoms with Gasteiger partial charge >= 0.3 is 5.97 Å². The second-order valence-corrected chi connectivity index (χ2v) is 7.00. The molecule has 1 heterocycles. The van der Waals surface area contributed by atoms with Gasteiger partial charge in [-0.3, -0.25) is 4.79 Å². The quantitative estimate of drug-likeness (QED) is 0.633. The number of rotatable bonds is 6. The lowest BCUT2D eigenvalue weighted by Crippen LogP contribution is -2.35. The summed E-state index contributed by atoms with van der Waals surface area (Å²) in [5, 5.41) is 14.0. The van der Waals surface area contributed by atoms with Crippen LogP contribution in [0.2, 0.25) is 0 Å². The smallest absolute Gasteiger partial charge is 0.338 e. The highest BCUT2D eigenvalue weighted by Crippen LogP contribution is 2.22. The maximum absolute atomic E-state index is 12.3. The summed E-state index contributed by atoms with van der Waals surface area (Å²) in [5.41, 5.74) is 2.21. The molecule has 0 fully saturated rings. The van der Waals surface area contributed by atoms with Crippen LogP contribution < -0.4 is 5.32 Å². The predicted octanol–water partition coefficient (Wildman–Crippen LogP) is 3.98. The maximum atomic E-state index is 12.3. The summed E-state index contributed by atoms with van der Waals surface area (Å²) >= 11 is 1.55. The Balaban J connectivity index is 1.56. The van der Waals surface area contributed by atoms with Gasteiger partial charge < -0.3 is 15.2 Å². The first kappa shape index (κ1) is 18.7. The number of phenols is 1. The zero-order valence-corrected chi connectivity index (χ0v) is 15.5. The monoisotopic (exact) mass is 381 g/mol. The van der Waals surface area contributed by atoms with E-state index >= 15 is 0 Å². The number of thiophene rings is 1. The third kappa shape index (κ3) is 4.95. The van der Waals surface area contributed by atoms with Crippen LogP contribution in [0.4, 0.5) is 0 Å². The molecule has 1 amide bonds. The highest BCUT2D eigenvalue weighted by molar-refractivity contribution is 7.09. The van der Waals surface area contributed by atoms with Crippen molar-refractivity contribution >= 4 is 23.2 Å². The average Bonchev–Trinajstić information content (AvgIpc) is 3.20. The molecule has 3 aromatic rings. The number of aromatic hydroxyl groups is 1. The van der Waals surface area contributed by atoms with Gasteiger partial charge in [0.25, 0.3) is 5.91 Å². The molecule has 0 aliphatic heterocycles. The SMILES string of the molecule is C[C@H](OC(=O)c1ccc(-c2ccc(O)cc2)cc1)C(=O)NCc1cccs1. The van der Waals surface area contributed by atoms with Crippen LogP contribution in [-0.2, 0) is 16.1 Å². The van der Waals surface area contributed by atoms with E-state index in [1.165, 1.54) is 0 Å². The van der Waals surface area contributed by atoms with Gasteiger partial charge in [-0.15, -0.1) is 11.3 Å². The number of hydrogen-bond acceptors (Lipinski definition) is 5. The molecule has 0 aliphatic rings. The van der Waals surface area contributed by atoms with Crippen LogP contribution in [0.25, 0.3) is 11.1 Å². The Kier molecular flexibility index (Phi) is 5.88. The molecular weight excluding hydrogens is 362 g/mol. The van der Waals surface area contributed by atoms with Gasteiger partial charge in [0, 0.05) is 4.88 Å². The normalized spacial score (nSPS) is 11.6. The second-order valence-electron chi connectivity index (χ2n) is 5.97. The molecule has 0 saturated heterocycles. The van der Waals surface area contributed by atoms with E-state index in [9.17, 15) is 14.7 Å². The molecule has 0 saturated carbocycles. The molecule has 0 spiro atoms. The molecule has 138 valence electrons. The lowest BCUT2D eigenvalue weighted by atomic mass is 10.0. The fourth-order valence-corrected chi connectivity index (χ4v) is 3.11. The summed E-state index contributed by atoms with van der Waals surface area (Å²) in [6, 6.07) is 17.5.